The van der Waals surface area contributed by atoms with Crippen LogP contribution in [0.1, 0.15) is 23.5 Å². The lowest BCUT2D eigenvalue weighted by atomic mass is 10.3. The second kappa shape index (κ2) is 6.49. The monoisotopic (exact) mass is 384 g/mol. The van der Waals surface area contributed by atoms with E-state index in [1.807, 2.05) is 6.07 Å². The maximum absolute atomic E-state index is 12.7. The van der Waals surface area contributed by atoms with E-state index in [0.29, 0.717) is 11.4 Å². The van der Waals surface area contributed by atoms with Crippen molar-refractivity contribution in [2.24, 2.45) is 0 Å². The molecule has 7 nitrogen and oxygen atoms in total. The quantitative estimate of drug-likeness (QED) is 0.692. The summed E-state index contributed by atoms with van der Waals surface area (Å²) in [6.45, 7) is 1.86. The van der Waals surface area contributed by atoms with Gasteiger partial charge in [0, 0.05) is 18.8 Å². The summed E-state index contributed by atoms with van der Waals surface area (Å²) in [6.07, 6.45) is -2.84. The highest BCUT2D eigenvalue weighted by Crippen LogP contribution is 2.30. The first-order valence-electron chi connectivity index (χ1n) is 7.47. The number of nitriles is 1. The van der Waals surface area contributed by atoms with Gasteiger partial charge < -0.3 is 4.57 Å². The Morgan fingerprint density at radius 3 is 2.65 bits per heavy atom. The third kappa shape index (κ3) is 3.30. The topological polar surface area (TPSA) is 80.9 Å². The van der Waals surface area contributed by atoms with Gasteiger partial charge in [-0.1, -0.05) is 11.6 Å². The fourth-order valence-corrected chi connectivity index (χ4v) is 2.75. The normalized spacial score (nSPS) is 11.8. The molecule has 0 amide bonds. The highest BCUT2D eigenvalue weighted by atomic mass is 35.5. The Morgan fingerprint density at radius 1 is 1.31 bits per heavy atom. The predicted octanol–water partition coefficient (Wildman–Crippen LogP) is 2.64. The van der Waals surface area contributed by atoms with Gasteiger partial charge in [-0.2, -0.15) is 28.6 Å². The summed E-state index contributed by atoms with van der Waals surface area (Å²) in [5.41, 5.74) is -0.195. The van der Waals surface area contributed by atoms with Gasteiger partial charge in [-0.05, 0) is 13.0 Å². The molecule has 0 saturated carbocycles. The lowest BCUT2D eigenvalue weighted by Crippen LogP contribution is -2.22. The number of aryl methyl sites for hydroxylation is 2. The van der Waals surface area contributed by atoms with Crippen LogP contribution in [-0.2, 0) is 19.3 Å². The summed E-state index contributed by atoms with van der Waals surface area (Å²) >= 11 is 5.81. The van der Waals surface area contributed by atoms with E-state index >= 15 is 0 Å². The fourth-order valence-electron chi connectivity index (χ4n) is 2.55. The van der Waals surface area contributed by atoms with E-state index in [2.05, 4.69) is 10.2 Å². The summed E-state index contributed by atoms with van der Waals surface area (Å²) < 4.78 is 41.9. The zero-order chi connectivity index (χ0) is 19.1. The molecule has 136 valence electrons. The van der Waals surface area contributed by atoms with E-state index in [9.17, 15) is 18.0 Å². The van der Waals surface area contributed by atoms with Crippen molar-refractivity contribution < 1.29 is 13.2 Å². The highest BCUT2D eigenvalue weighted by Gasteiger charge is 2.34. The molecule has 0 fully saturated rings. The first-order valence-corrected chi connectivity index (χ1v) is 7.84. The molecule has 0 saturated heterocycles. The van der Waals surface area contributed by atoms with Crippen molar-refractivity contribution in [1.29, 1.82) is 5.26 Å². The van der Waals surface area contributed by atoms with Crippen LogP contribution in [0.3, 0.4) is 0 Å². The maximum atomic E-state index is 12.7. The minimum Gasteiger partial charge on any atom is -0.311 e. The largest absolute Gasteiger partial charge is 0.435 e. The van der Waals surface area contributed by atoms with Gasteiger partial charge in [0.2, 0.25) is 0 Å². The molecule has 0 aliphatic rings. The van der Waals surface area contributed by atoms with Crippen molar-refractivity contribution in [3.8, 4) is 6.07 Å². The van der Waals surface area contributed by atoms with Crippen molar-refractivity contribution in [2.75, 3.05) is 0 Å². The minimum absolute atomic E-state index is 0.117. The number of aromatic nitrogens is 5. The molecule has 0 unspecified atom stereocenters. The van der Waals surface area contributed by atoms with Crippen LogP contribution in [0.4, 0.5) is 13.2 Å². The number of nitrogens with zero attached hydrogens (tertiary/aromatic N) is 6. The third-order valence-corrected chi connectivity index (χ3v) is 4.02. The molecule has 0 atom stereocenters. The Hall–Kier alpha value is -2.80. The van der Waals surface area contributed by atoms with Crippen molar-refractivity contribution in [2.45, 2.75) is 32.6 Å². The molecular weight excluding hydrogens is 373 g/mol. The van der Waals surface area contributed by atoms with Gasteiger partial charge in [0.05, 0.1) is 30.4 Å². The van der Waals surface area contributed by atoms with Crippen LogP contribution >= 0.6 is 11.6 Å². The molecule has 3 heterocycles. The van der Waals surface area contributed by atoms with Crippen molar-refractivity contribution in [3.05, 3.63) is 50.9 Å². The van der Waals surface area contributed by atoms with E-state index in [4.69, 9.17) is 16.9 Å². The molecule has 26 heavy (non-hydrogen) atoms. The van der Waals surface area contributed by atoms with Gasteiger partial charge in [-0.25, -0.2) is 9.20 Å². The van der Waals surface area contributed by atoms with Crippen LogP contribution in [0.2, 0.25) is 5.15 Å². The third-order valence-electron chi connectivity index (χ3n) is 3.71. The maximum Gasteiger partial charge on any atom is 0.435 e. The van der Waals surface area contributed by atoms with Gasteiger partial charge in [0.25, 0.3) is 5.56 Å². The molecule has 0 aromatic carbocycles. The van der Waals surface area contributed by atoms with Gasteiger partial charge in [-0.3, -0.25) is 4.79 Å². The average Bonchev–Trinajstić information content (AvgIpc) is 3.14. The van der Waals surface area contributed by atoms with Crippen molar-refractivity contribution >= 4 is 17.1 Å². The number of halogens is 4. The number of rotatable bonds is 4. The van der Waals surface area contributed by atoms with Crippen LogP contribution in [0, 0.1) is 18.3 Å². The van der Waals surface area contributed by atoms with Gasteiger partial charge >= 0.3 is 6.18 Å². The Morgan fingerprint density at radius 2 is 2.04 bits per heavy atom. The molecule has 0 aliphatic heterocycles. The number of hydrogen-bond acceptors (Lipinski definition) is 4. The Labute approximate surface area is 149 Å². The van der Waals surface area contributed by atoms with Gasteiger partial charge in [-0.15, -0.1) is 0 Å². The number of hydrogen-bond donors (Lipinski definition) is 0. The first kappa shape index (κ1) is 18.0. The molecule has 3 rings (SSSR count). The van der Waals surface area contributed by atoms with E-state index in [1.54, 1.807) is 13.1 Å². The van der Waals surface area contributed by atoms with Gasteiger partial charge in [0.1, 0.15) is 10.7 Å². The van der Waals surface area contributed by atoms with Crippen LogP contribution < -0.4 is 5.56 Å². The van der Waals surface area contributed by atoms with Gasteiger partial charge in [0.15, 0.2) is 5.69 Å². The summed E-state index contributed by atoms with van der Waals surface area (Å²) in [5, 5.41) is 16.2. The highest BCUT2D eigenvalue weighted by molar-refractivity contribution is 6.29. The summed E-state index contributed by atoms with van der Waals surface area (Å²) in [5.74, 6) is 0. The average molecular weight is 385 g/mol. The summed E-state index contributed by atoms with van der Waals surface area (Å²) in [6, 6.07) is 4.18. The molecule has 3 aromatic heterocycles. The van der Waals surface area contributed by atoms with Crippen molar-refractivity contribution in [1.82, 2.24) is 24.0 Å². The first-order chi connectivity index (χ1) is 12.2. The van der Waals surface area contributed by atoms with Crippen molar-refractivity contribution in [3.63, 3.8) is 0 Å². The van der Waals surface area contributed by atoms with E-state index in [-0.39, 0.29) is 35.7 Å². The second-order valence-electron chi connectivity index (χ2n) is 5.62. The number of fused-ring (bicyclic) bond motifs is 1. The molecular formula is C15H12ClF3N6O. The van der Waals surface area contributed by atoms with E-state index in [0.717, 1.165) is 10.7 Å². The number of alkyl halides is 3. The Balaban J connectivity index is 1.99. The fraction of sp³-hybridized carbons (Fsp3) is 0.333. The predicted molar refractivity (Wildman–Crippen MR) is 85.8 cm³/mol. The van der Waals surface area contributed by atoms with Crippen LogP contribution in [0.5, 0.6) is 0 Å². The summed E-state index contributed by atoms with van der Waals surface area (Å²) in [7, 11) is 0. The molecule has 0 aliphatic carbocycles. The molecule has 0 spiro atoms. The summed E-state index contributed by atoms with van der Waals surface area (Å²) in [4.78, 5) is 12.5. The smallest absolute Gasteiger partial charge is 0.311 e. The van der Waals surface area contributed by atoms with Crippen LogP contribution in [0.15, 0.2) is 23.1 Å². The van der Waals surface area contributed by atoms with E-state index < -0.39 is 11.9 Å². The molecule has 0 N–H and O–H groups in total. The molecule has 3 aromatic rings. The van der Waals surface area contributed by atoms with Crippen LogP contribution in [0.25, 0.3) is 5.52 Å². The van der Waals surface area contributed by atoms with Crippen LogP contribution in [-0.4, -0.2) is 24.0 Å². The van der Waals surface area contributed by atoms with E-state index in [1.165, 1.54) is 15.1 Å². The Bertz CT molecular complexity index is 1070. The Kier molecular flexibility index (Phi) is 4.50. The lowest BCUT2D eigenvalue weighted by Gasteiger charge is -2.06. The zero-order valence-corrected chi connectivity index (χ0v) is 14.2. The second-order valence-corrected chi connectivity index (χ2v) is 6.00. The minimum atomic E-state index is -4.60. The molecule has 0 radical (unpaired) electrons. The SMILES string of the molecule is Cc1cn(CCC#N)c(=O)c2cc(Cn3nc(C(F)(F)F)cc3Cl)nn12. The standard InChI is InChI=1S/C15H12ClF3N6O/c1-9-7-23(4-2-3-20)14(26)11-5-10(21-25(9)11)8-24-13(16)6-12(22-24)15(17,18)19/h5-7H,2,4,8H2,1H3. The molecule has 0 bridgehead atoms. The zero-order valence-electron chi connectivity index (χ0n) is 13.5. The molecule has 11 heteroatoms. The lowest BCUT2D eigenvalue weighted by molar-refractivity contribution is -0.141.